The average Bonchev–Trinajstić information content (AvgIpc) is 3.63. The van der Waals surface area contributed by atoms with Crippen molar-refractivity contribution in [3.63, 3.8) is 0 Å². The molecule has 178 valence electrons. The first-order valence-electron chi connectivity index (χ1n) is 12.8. The van der Waals surface area contributed by atoms with Crippen LogP contribution in [0.4, 0.5) is 4.39 Å². The number of halogens is 1. The predicted molar refractivity (Wildman–Crippen MR) is 129 cm³/mol. The Morgan fingerprint density at radius 2 is 1.97 bits per heavy atom. The predicted octanol–water partition coefficient (Wildman–Crippen LogP) is 4.21. The lowest BCUT2D eigenvalue weighted by molar-refractivity contribution is 0.0192. The molecule has 1 aromatic heterocycles. The lowest BCUT2D eigenvalue weighted by Crippen LogP contribution is -2.45. The Balaban J connectivity index is 1.25. The van der Waals surface area contributed by atoms with Crippen LogP contribution < -0.4 is 0 Å². The van der Waals surface area contributed by atoms with Crippen LogP contribution in [0.5, 0.6) is 0 Å². The van der Waals surface area contributed by atoms with Crippen molar-refractivity contribution < 1.29 is 14.3 Å². The molecule has 1 saturated heterocycles. The van der Waals surface area contributed by atoms with E-state index in [1.807, 2.05) is 17.0 Å². The molecule has 2 aromatic rings. The van der Waals surface area contributed by atoms with Crippen molar-refractivity contribution >= 4 is 16.8 Å². The standard InChI is InChI=1S/C28H32FN3O2/c29-28(10-9-19-7-8-19)11-14-31(15-12-28)17-20-16-22-23(26-21(20)4-3-13-30-26)18-32(27(22)34)24-5-1-2-6-25(24)33/h3-4,13,16,19,24-25,33H,1-2,5-8,11-12,14-15,17-18H2/t24-,25-/m0/s1. The first-order valence-corrected chi connectivity index (χ1v) is 12.8. The van der Waals surface area contributed by atoms with Gasteiger partial charge in [-0.05, 0) is 43.4 Å². The summed E-state index contributed by atoms with van der Waals surface area (Å²) in [7, 11) is 0. The van der Waals surface area contributed by atoms with Gasteiger partial charge in [-0.15, -0.1) is 0 Å². The molecule has 3 fully saturated rings. The fraction of sp³-hybridized carbons (Fsp3) is 0.571. The molecule has 34 heavy (non-hydrogen) atoms. The Bertz CT molecular complexity index is 1170. The highest BCUT2D eigenvalue weighted by Crippen LogP contribution is 2.37. The molecule has 0 unspecified atom stereocenters. The molecule has 0 spiro atoms. The number of carbonyl (C=O) groups excluding carboxylic acids is 1. The fourth-order valence-corrected chi connectivity index (χ4v) is 5.86. The molecule has 2 atom stereocenters. The van der Waals surface area contributed by atoms with Crippen LogP contribution in [0.1, 0.15) is 72.9 Å². The number of piperidine rings is 1. The SMILES string of the molecule is O=C1c2cc(CN3CCC(F)(C#CC4CC4)CC3)c3cccnc3c2CN1[C@H]1CCCC[C@@H]1O. The molecule has 6 heteroatoms. The van der Waals surface area contributed by atoms with Crippen molar-refractivity contribution in [2.75, 3.05) is 13.1 Å². The van der Waals surface area contributed by atoms with Gasteiger partial charge in [0.1, 0.15) is 0 Å². The second-order valence-electron chi connectivity index (χ2n) is 10.6. The number of amides is 1. The van der Waals surface area contributed by atoms with Crippen LogP contribution >= 0.6 is 0 Å². The smallest absolute Gasteiger partial charge is 0.254 e. The third-order valence-corrected chi connectivity index (χ3v) is 8.12. The van der Waals surface area contributed by atoms with Gasteiger partial charge in [0.25, 0.3) is 5.91 Å². The fourth-order valence-electron chi connectivity index (χ4n) is 5.86. The van der Waals surface area contributed by atoms with E-state index in [-0.39, 0.29) is 11.9 Å². The van der Waals surface area contributed by atoms with Gasteiger partial charge in [0, 0.05) is 67.6 Å². The number of carbonyl (C=O) groups is 1. The lowest BCUT2D eigenvalue weighted by Gasteiger charge is -2.35. The third kappa shape index (κ3) is 4.10. The molecule has 3 heterocycles. The van der Waals surface area contributed by atoms with Crippen LogP contribution in [0, 0.1) is 17.8 Å². The second kappa shape index (κ2) is 8.62. The van der Waals surface area contributed by atoms with E-state index in [2.05, 4.69) is 27.8 Å². The minimum atomic E-state index is -1.36. The summed E-state index contributed by atoms with van der Waals surface area (Å²) in [4.78, 5) is 22.3. The quantitative estimate of drug-likeness (QED) is 0.696. The van der Waals surface area contributed by atoms with Gasteiger partial charge in [-0.2, -0.15) is 0 Å². The highest BCUT2D eigenvalue weighted by molar-refractivity contribution is 6.04. The molecule has 0 bridgehead atoms. The van der Waals surface area contributed by atoms with Crippen molar-refractivity contribution in [3.8, 4) is 11.8 Å². The molecule has 5 nitrogen and oxygen atoms in total. The molecule has 1 N–H and O–H groups in total. The average molecular weight is 462 g/mol. The Hall–Kier alpha value is -2.49. The summed E-state index contributed by atoms with van der Waals surface area (Å²) in [5, 5.41) is 11.6. The Morgan fingerprint density at radius 1 is 1.18 bits per heavy atom. The van der Waals surface area contributed by atoms with Gasteiger partial charge in [0.2, 0.25) is 0 Å². The number of alkyl halides is 1. The van der Waals surface area contributed by atoms with E-state index in [4.69, 9.17) is 0 Å². The van der Waals surface area contributed by atoms with Gasteiger partial charge < -0.3 is 10.0 Å². The van der Waals surface area contributed by atoms with Crippen LogP contribution in [0.3, 0.4) is 0 Å². The number of likely N-dealkylation sites (tertiary alicyclic amines) is 1. The number of aromatic nitrogens is 1. The summed E-state index contributed by atoms with van der Waals surface area (Å²) < 4.78 is 15.1. The first kappa shape index (κ1) is 22.0. The molecular formula is C28H32FN3O2. The van der Waals surface area contributed by atoms with E-state index in [1.54, 1.807) is 6.20 Å². The number of fused-ring (bicyclic) bond motifs is 3. The van der Waals surface area contributed by atoms with Crippen molar-refractivity contribution in [3.05, 3.63) is 41.1 Å². The van der Waals surface area contributed by atoms with Crippen molar-refractivity contribution in [2.45, 2.75) is 82.3 Å². The molecule has 2 aliphatic carbocycles. The van der Waals surface area contributed by atoms with Gasteiger partial charge >= 0.3 is 0 Å². The number of nitrogens with zero attached hydrogens (tertiary/aromatic N) is 3. The van der Waals surface area contributed by atoms with E-state index < -0.39 is 11.8 Å². The molecular weight excluding hydrogens is 429 g/mol. The lowest BCUT2D eigenvalue weighted by atomic mass is 9.91. The molecule has 1 aromatic carbocycles. The number of benzene rings is 1. The van der Waals surface area contributed by atoms with E-state index in [9.17, 15) is 9.90 Å². The van der Waals surface area contributed by atoms with Crippen LogP contribution in [-0.2, 0) is 13.1 Å². The van der Waals surface area contributed by atoms with Crippen LogP contribution in [0.2, 0.25) is 0 Å². The summed E-state index contributed by atoms with van der Waals surface area (Å²) >= 11 is 0. The number of pyridine rings is 1. The van der Waals surface area contributed by atoms with E-state index in [0.717, 1.165) is 60.6 Å². The van der Waals surface area contributed by atoms with Crippen LogP contribution in [-0.4, -0.2) is 56.7 Å². The Kier molecular flexibility index (Phi) is 5.58. The summed E-state index contributed by atoms with van der Waals surface area (Å²) in [6.07, 6.45) is 8.09. The molecule has 4 aliphatic rings. The monoisotopic (exact) mass is 461 g/mol. The first-order chi connectivity index (χ1) is 16.5. The number of aliphatic hydroxyl groups is 1. The highest BCUT2D eigenvalue weighted by Gasteiger charge is 2.39. The zero-order chi connectivity index (χ0) is 23.3. The zero-order valence-electron chi connectivity index (χ0n) is 19.6. The van der Waals surface area contributed by atoms with Crippen LogP contribution in [0.25, 0.3) is 10.9 Å². The van der Waals surface area contributed by atoms with Crippen molar-refractivity contribution in [1.29, 1.82) is 0 Å². The summed E-state index contributed by atoms with van der Waals surface area (Å²) in [6.45, 7) is 2.49. The van der Waals surface area contributed by atoms with E-state index >= 15 is 4.39 Å². The zero-order valence-corrected chi connectivity index (χ0v) is 19.6. The minimum absolute atomic E-state index is 0.00604. The topological polar surface area (TPSA) is 56.7 Å². The highest BCUT2D eigenvalue weighted by atomic mass is 19.1. The third-order valence-electron chi connectivity index (χ3n) is 8.12. The molecule has 0 radical (unpaired) electrons. The summed E-state index contributed by atoms with van der Waals surface area (Å²) in [5.41, 5.74) is 2.27. The second-order valence-corrected chi connectivity index (χ2v) is 10.6. The van der Waals surface area contributed by atoms with Gasteiger partial charge in [0.05, 0.1) is 17.7 Å². The molecule has 1 amide bonds. The minimum Gasteiger partial charge on any atom is -0.391 e. The van der Waals surface area contributed by atoms with Crippen molar-refractivity contribution in [1.82, 2.24) is 14.8 Å². The maximum atomic E-state index is 15.1. The molecule has 6 rings (SSSR count). The molecule has 2 aliphatic heterocycles. The Morgan fingerprint density at radius 3 is 2.74 bits per heavy atom. The van der Waals surface area contributed by atoms with Gasteiger partial charge in [-0.25, -0.2) is 4.39 Å². The number of hydrogen-bond donors (Lipinski definition) is 1. The normalized spacial score (nSPS) is 26.9. The van der Waals surface area contributed by atoms with E-state index in [1.165, 1.54) is 0 Å². The van der Waals surface area contributed by atoms with Gasteiger partial charge in [-0.1, -0.05) is 30.7 Å². The van der Waals surface area contributed by atoms with Gasteiger partial charge in [-0.3, -0.25) is 14.7 Å². The number of aliphatic hydroxyl groups excluding tert-OH is 1. The Labute approximate surface area is 200 Å². The van der Waals surface area contributed by atoms with Crippen LogP contribution in [0.15, 0.2) is 24.4 Å². The summed E-state index contributed by atoms with van der Waals surface area (Å²) in [6, 6.07) is 5.92. The van der Waals surface area contributed by atoms with Gasteiger partial charge in [0.15, 0.2) is 5.67 Å². The number of rotatable bonds is 3. The maximum Gasteiger partial charge on any atom is 0.254 e. The largest absolute Gasteiger partial charge is 0.391 e. The van der Waals surface area contributed by atoms with E-state index in [0.29, 0.717) is 50.5 Å². The summed E-state index contributed by atoms with van der Waals surface area (Å²) in [5.74, 6) is 6.47. The maximum absolute atomic E-state index is 15.1. The van der Waals surface area contributed by atoms with Crippen molar-refractivity contribution in [2.24, 2.45) is 5.92 Å². The molecule has 2 saturated carbocycles. The number of hydrogen-bond acceptors (Lipinski definition) is 4.